The average molecular weight is 221 g/mol. The van der Waals surface area contributed by atoms with Gasteiger partial charge in [0.1, 0.15) is 0 Å². The minimum Gasteiger partial charge on any atom is -0.355 e. The largest absolute Gasteiger partial charge is 0.355 e. The van der Waals surface area contributed by atoms with Crippen LogP contribution in [0.3, 0.4) is 0 Å². The number of hydrogen-bond acceptors (Lipinski definition) is 2. The van der Waals surface area contributed by atoms with Crippen molar-refractivity contribution in [2.75, 3.05) is 26.0 Å². The molecule has 1 unspecified atom stereocenters. The van der Waals surface area contributed by atoms with Gasteiger partial charge in [0.15, 0.2) is 0 Å². The maximum absolute atomic E-state index is 11.5. The Morgan fingerprint density at radius 2 is 2.07 bits per heavy atom. The number of halogens is 1. The number of likely N-dealkylation sites (N-methyl/N-ethyl adjacent to an activating group) is 2. The predicted octanol–water partition coefficient (Wildman–Crippen LogP) is 0.456. The van der Waals surface area contributed by atoms with Crippen LogP contribution < -0.4 is 5.32 Å². The molecule has 0 bridgehead atoms. The summed E-state index contributed by atoms with van der Waals surface area (Å²) in [5.41, 5.74) is 0. The van der Waals surface area contributed by atoms with Crippen LogP contribution in [0.2, 0.25) is 0 Å². The second kappa shape index (κ2) is 6.65. The summed E-state index contributed by atoms with van der Waals surface area (Å²) in [6.45, 7) is 4.24. The highest BCUT2D eigenvalue weighted by atomic mass is 35.5. The number of rotatable bonds is 5. The van der Waals surface area contributed by atoms with Gasteiger partial charge < -0.3 is 10.2 Å². The van der Waals surface area contributed by atoms with Crippen molar-refractivity contribution in [2.24, 2.45) is 5.92 Å². The number of carbonyl (C=O) groups excluding carboxylic acids is 2. The second-order valence-electron chi connectivity index (χ2n) is 3.20. The van der Waals surface area contributed by atoms with E-state index in [0.29, 0.717) is 6.54 Å². The second-order valence-corrected chi connectivity index (χ2v) is 3.51. The lowest BCUT2D eigenvalue weighted by Gasteiger charge is -2.19. The standard InChI is InChI=1S/C9H17ClN2O2/c1-4-11-8(13)6-12(3)9(14)7(2)5-10/h7H,4-6H2,1-3H3,(H,11,13). The molecule has 2 amide bonds. The zero-order valence-electron chi connectivity index (χ0n) is 8.84. The first kappa shape index (κ1) is 13.2. The van der Waals surface area contributed by atoms with Crippen molar-refractivity contribution < 1.29 is 9.59 Å². The van der Waals surface area contributed by atoms with E-state index in [0.717, 1.165) is 0 Å². The Morgan fingerprint density at radius 1 is 1.50 bits per heavy atom. The van der Waals surface area contributed by atoms with Gasteiger partial charge in [-0.1, -0.05) is 6.92 Å². The molecule has 0 aliphatic carbocycles. The number of amides is 2. The van der Waals surface area contributed by atoms with Crippen LogP contribution in [-0.2, 0) is 9.59 Å². The van der Waals surface area contributed by atoms with Gasteiger partial charge in [0, 0.05) is 25.4 Å². The Balaban J connectivity index is 4.01. The van der Waals surface area contributed by atoms with E-state index in [9.17, 15) is 9.59 Å². The van der Waals surface area contributed by atoms with Gasteiger partial charge >= 0.3 is 0 Å². The summed E-state index contributed by atoms with van der Waals surface area (Å²) in [5, 5.41) is 2.62. The molecule has 0 aromatic heterocycles. The molecule has 1 N–H and O–H groups in total. The Bertz CT molecular complexity index is 209. The Hall–Kier alpha value is -0.770. The molecule has 1 atom stereocenters. The molecule has 0 saturated heterocycles. The summed E-state index contributed by atoms with van der Waals surface area (Å²) in [7, 11) is 1.60. The van der Waals surface area contributed by atoms with E-state index < -0.39 is 0 Å². The van der Waals surface area contributed by atoms with Crippen LogP contribution in [0.1, 0.15) is 13.8 Å². The third-order valence-electron chi connectivity index (χ3n) is 1.78. The number of nitrogens with zero attached hydrogens (tertiary/aromatic N) is 1. The van der Waals surface area contributed by atoms with E-state index in [1.165, 1.54) is 4.90 Å². The molecular formula is C9H17ClN2O2. The van der Waals surface area contributed by atoms with E-state index in [-0.39, 0.29) is 30.2 Å². The minimum atomic E-state index is -0.240. The van der Waals surface area contributed by atoms with Gasteiger partial charge in [0.2, 0.25) is 11.8 Å². The highest BCUT2D eigenvalue weighted by Gasteiger charge is 2.17. The highest BCUT2D eigenvalue weighted by molar-refractivity contribution is 6.19. The molecule has 0 saturated carbocycles. The molecule has 0 aromatic rings. The smallest absolute Gasteiger partial charge is 0.239 e. The van der Waals surface area contributed by atoms with Gasteiger partial charge in [-0.3, -0.25) is 9.59 Å². The summed E-state index contributed by atoms with van der Waals surface area (Å²) >= 11 is 5.54. The summed E-state index contributed by atoms with van der Waals surface area (Å²) < 4.78 is 0. The van der Waals surface area contributed by atoms with E-state index >= 15 is 0 Å². The molecule has 5 heteroatoms. The quantitative estimate of drug-likeness (QED) is 0.685. The van der Waals surface area contributed by atoms with E-state index in [1.54, 1.807) is 14.0 Å². The topological polar surface area (TPSA) is 49.4 Å². The van der Waals surface area contributed by atoms with Crippen molar-refractivity contribution in [1.29, 1.82) is 0 Å². The van der Waals surface area contributed by atoms with Crippen molar-refractivity contribution in [3.63, 3.8) is 0 Å². The van der Waals surface area contributed by atoms with Crippen LogP contribution >= 0.6 is 11.6 Å². The van der Waals surface area contributed by atoms with Crippen LogP contribution in [0.4, 0.5) is 0 Å². The maximum Gasteiger partial charge on any atom is 0.239 e. The molecule has 0 fully saturated rings. The van der Waals surface area contributed by atoms with Gasteiger partial charge in [0.05, 0.1) is 6.54 Å². The summed E-state index contributed by atoms with van der Waals surface area (Å²) in [6, 6.07) is 0. The minimum absolute atomic E-state index is 0.0912. The molecule has 0 aliphatic rings. The lowest BCUT2D eigenvalue weighted by Crippen LogP contribution is -2.40. The normalized spacial score (nSPS) is 12.0. The van der Waals surface area contributed by atoms with Crippen LogP contribution in [0.5, 0.6) is 0 Å². The first-order valence-corrected chi connectivity index (χ1v) is 5.14. The fraction of sp³-hybridized carbons (Fsp3) is 0.778. The summed E-state index contributed by atoms with van der Waals surface area (Å²) in [4.78, 5) is 24.0. The zero-order valence-corrected chi connectivity index (χ0v) is 9.60. The van der Waals surface area contributed by atoms with Gasteiger partial charge in [-0.25, -0.2) is 0 Å². The lowest BCUT2D eigenvalue weighted by molar-refractivity contribution is -0.137. The van der Waals surface area contributed by atoms with Crippen molar-refractivity contribution in [2.45, 2.75) is 13.8 Å². The average Bonchev–Trinajstić information content (AvgIpc) is 2.15. The van der Waals surface area contributed by atoms with Crippen molar-refractivity contribution >= 4 is 23.4 Å². The molecule has 14 heavy (non-hydrogen) atoms. The van der Waals surface area contributed by atoms with Gasteiger partial charge in [-0.2, -0.15) is 0 Å². The number of alkyl halides is 1. The number of nitrogens with one attached hydrogen (secondary N) is 1. The van der Waals surface area contributed by atoms with Crippen LogP contribution in [0.25, 0.3) is 0 Å². The van der Waals surface area contributed by atoms with Crippen molar-refractivity contribution in [3.8, 4) is 0 Å². The predicted molar refractivity (Wildman–Crippen MR) is 56.2 cm³/mol. The van der Waals surface area contributed by atoms with Crippen molar-refractivity contribution in [1.82, 2.24) is 10.2 Å². The molecule has 82 valence electrons. The fourth-order valence-electron chi connectivity index (χ4n) is 0.989. The molecule has 0 aromatic carbocycles. The van der Waals surface area contributed by atoms with E-state index in [1.807, 2.05) is 6.92 Å². The molecule has 0 aliphatic heterocycles. The monoisotopic (exact) mass is 220 g/mol. The number of hydrogen-bond donors (Lipinski definition) is 1. The number of carbonyl (C=O) groups is 2. The van der Waals surface area contributed by atoms with Crippen LogP contribution in [-0.4, -0.2) is 42.7 Å². The molecular weight excluding hydrogens is 204 g/mol. The van der Waals surface area contributed by atoms with E-state index in [2.05, 4.69) is 5.32 Å². The van der Waals surface area contributed by atoms with Crippen LogP contribution in [0.15, 0.2) is 0 Å². The van der Waals surface area contributed by atoms with Gasteiger partial charge in [-0.05, 0) is 6.92 Å². The maximum atomic E-state index is 11.5. The third kappa shape index (κ3) is 4.46. The fourth-order valence-corrected chi connectivity index (χ4v) is 1.12. The Morgan fingerprint density at radius 3 is 2.50 bits per heavy atom. The molecule has 0 spiro atoms. The molecule has 0 heterocycles. The highest BCUT2D eigenvalue weighted by Crippen LogP contribution is 2.02. The Kier molecular flexibility index (Phi) is 6.28. The van der Waals surface area contributed by atoms with Crippen molar-refractivity contribution in [3.05, 3.63) is 0 Å². The van der Waals surface area contributed by atoms with Gasteiger partial charge in [0.25, 0.3) is 0 Å². The third-order valence-corrected chi connectivity index (χ3v) is 2.25. The van der Waals surface area contributed by atoms with Gasteiger partial charge in [-0.15, -0.1) is 11.6 Å². The summed E-state index contributed by atoms with van der Waals surface area (Å²) in [5.74, 6) is -0.217. The lowest BCUT2D eigenvalue weighted by atomic mass is 10.2. The molecule has 0 rings (SSSR count). The van der Waals surface area contributed by atoms with Crippen LogP contribution in [0, 0.1) is 5.92 Å². The first-order chi connectivity index (χ1) is 6.52. The first-order valence-electron chi connectivity index (χ1n) is 4.60. The van der Waals surface area contributed by atoms with E-state index in [4.69, 9.17) is 11.6 Å². The zero-order chi connectivity index (χ0) is 11.1. The summed E-state index contributed by atoms with van der Waals surface area (Å²) in [6.07, 6.45) is 0. The SMILES string of the molecule is CCNC(=O)CN(C)C(=O)C(C)CCl. The molecule has 0 radical (unpaired) electrons. The Labute approximate surface area is 89.6 Å². The molecule has 4 nitrogen and oxygen atoms in total.